The Morgan fingerprint density at radius 1 is 1.39 bits per heavy atom. The SMILES string of the molecule is COc1cc(CN2C3CCC2CC(N)C3)ccn1. The van der Waals surface area contributed by atoms with Crippen LogP contribution in [-0.2, 0) is 6.54 Å². The normalized spacial score (nSPS) is 31.6. The number of hydrogen-bond donors (Lipinski definition) is 1. The Bertz CT molecular complexity index is 409. The van der Waals surface area contributed by atoms with Gasteiger partial charge in [0.2, 0.25) is 5.88 Å². The molecule has 0 aliphatic carbocycles. The van der Waals surface area contributed by atoms with Crippen molar-refractivity contribution in [3.8, 4) is 5.88 Å². The van der Waals surface area contributed by atoms with Gasteiger partial charge in [0.25, 0.3) is 0 Å². The molecule has 98 valence electrons. The van der Waals surface area contributed by atoms with Crippen molar-refractivity contribution in [3.05, 3.63) is 23.9 Å². The Hall–Kier alpha value is -1.13. The van der Waals surface area contributed by atoms with Crippen molar-refractivity contribution in [1.82, 2.24) is 9.88 Å². The summed E-state index contributed by atoms with van der Waals surface area (Å²) in [5, 5.41) is 0. The predicted molar refractivity (Wildman–Crippen MR) is 70.4 cm³/mol. The van der Waals surface area contributed by atoms with Gasteiger partial charge in [-0.3, -0.25) is 4.90 Å². The van der Waals surface area contributed by atoms with Crippen LogP contribution in [0, 0.1) is 0 Å². The van der Waals surface area contributed by atoms with Crippen LogP contribution >= 0.6 is 0 Å². The van der Waals surface area contributed by atoms with E-state index >= 15 is 0 Å². The Kier molecular flexibility index (Phi) is 3.22. The molecule has 2 fully saturated rings. The van der Waals surface area contributed by atoms with Gasteiger partial charge in [-0.25, -0.2) is 4.98 Å². The number of piperidine rings is 1. The van der Waals surface area contributed by atoms with Gasteiger partial charge in [-0.05, 0) is 37.3 Å². The molecular weight excluding hydrogens is 226 g/mol. The molecule has 2 bridgehead atoms. The maximum atomic E-state index is 6.10. The van der Waals surface area contributed by atoms with Crippen LogP contribution in [0.15, 0.2) is 18.3 Å². The minimum absolute atomic E-state index is 0.408. The summed E-state index contributed by atoms with van der Waals surface area (Å²) in [5.74, 6) is 0.702. The highest BCUT2D eigenvalue weighted by atomic mass is 16.5. The highest BCUT2D eigenvalue weighted by molar-refractivity contribution is 5.21. The Morgan fingerprint density at radius 2 is 2.11 bits per heavy atom. The lowest BCUT2D eigenvalue weighted by Gasteiger charge is -2.37. The van der Waals surface area contributed by atoms with Gasteiger partial charge >= 0.3 is 0 Å². The van der Waals surface area contributed by atoms with Crippen LogP contribution in [0.4, 0.5) is 0 Å². The van der Waals surface area contributed by atoms with Crippen molar-refractivity contribution in [2.45, 2.75) is 50.4 Å². The molecule has 4 heteroatoms. The zero-order valence-corrected chi connectivity index (χ0v) is 10.9. The molecule has 3 heterocycles. The molecule has 2 aliphatic rings. The van der Waals surface area contributed by atoms with Gasteiger partial charge in [0, 0.05) is 36.9 Å². The summed E-state index contributed by atoms with van der Waals surface area (Å²) in [7, 11) is 1.66. The van der Waals surface area contributed by atoms with Crippen LogP contribution in [0.5, 0.6) is 5.88 Å². The Labute approximate surface area is 108 Å². The summed E-state index contributed by atoms with van der Waals surface area (Å²) in [6, 6.07) is 5.88. The van der Waals surface area contributed by atoms with Gasteiger partial charge < -0.3 is 10.5 Å². The summed E-state index contributed by atoms with van der Waals surface area (Å²) < 4.78 is 5.18. The molecule has 0 amide bonds. The molecule has 1 aromatic rings. The molecule has 4 nitrogen and oxygen atoms in total. The summed E-state index contributed by atoms with van der Waals surface area (Å²) in [4.78, 5) is 6.78. The number of hydrogen-bond acceptors (Lipinski definition) is 4. The van der Waals surface area contributed by atoms with E-state index in [0.29, 0.717) is 24.0 Å². The molecular formula is C14H21N3O. The number of rotatable bonds is 3. The first-order chi connectivity index (χ1) is 8.76. The van der Waals surface area contributed by atoms with E-state index in [9.17, 15) is 0 Å². The van der Waals surface area contributed by atoms with Crippen molar-refractivity contribution in [1.29, 1.82) is 0 Å². The maximum Gasteiger partial charge on any atom is 0.213 e. The van der Waals surface area contributed by atoms with Crippen molar-refractivity contribution in [3.63, 3.8) is 0 Å². The van der Waals surface area contributed by atoms with Gasteiger partial charge in [-0.15, -0.1) is 0 Å². The monoisotopic (exact) mass is 247 g/mol. The molecule has 0 aromatic carbocycles. The lowest BCUT2D eigenvalue weighted by atomic mass is 9.97. The summed E-state index contributed by atoms with van der Waals surface area (Å²) in [5.41, 5.74) is 7.39. The molecule has 0 radical (unpaired) electrons. The maximum absolute atomic E-state index is 6.10. The predicted octanol–water partition coefficient (Wildman–Crippen LogP) is 1.54. The number of nitrogens with two attached hydrogens (primary N) is 1. The van der Waals surface area contributed by atoms with Gasteiger partial charge in [-0.1, -0.05) is 0 Å². The number of aromatic nitrogens is 1. The molecule has 2 aliphatic heterocycles. The fraction of sp³-hybridized carbons (Fsp3) is 0.643. The van der Waals surface area contributed by atoms with Gasteiger partial charge in [0.15, 0.2) is 0 Å². The van der Waals surface area contributed by atoms with Crippen LogP contribution in [0.2, 0.25) is 0 Å². The van der Waals surface area contributed by atoms with E-state index in [-0.39, 0.29) is 0 Å². The molecule has 0 saturated carbocycles. The quantitative estimate of drug-likeness (QED) is 0.880. The zero-order chi connectivity index (χ0) is 12.5. The Morgan fingerprint density at radius 3 is 2.78 bits per heavy atom. The molecule has 2 N–H and O–H groups in total. The highest BCUT2D eigenvalue weighted by Gasteiger charge is 2.39. The average molecular weight is 247 g/mol. The lowest BCUT2D eigenvalue weighted by Crippen LogP contribution is -2.46. The third-order valence-electron chi connectivity index (χ3n) is 4.29. The number of pyridine rings is 1. The van der Waals surface area contributed by atoms with Crippen molar-refractivity contribution in [2.24, 2.45) is 5.73 Å². The van der Waals surface area contributed by atoms with Crippen LogP contribution in [0.1, 0.15) is 31.2 Å². The van der Waals surface area contributed by atoms with E-state index in [0.717, 1.165) is 19.4 Å². The lowest BCUT2D eigenvalue weighted by molar-refractivity contribution is 0.120. The van der Waals surface area contributed by atoms with Crippen LogP contribution in [0.25, 0.3) is 0 Å². The fourth-order valence-corrected chi connectivity index (χ4v) is 3.45. The first-order valence-electron chi connectivity index (χ1n) is 6.76. The smallest absolute Gasteiger partial charge is 0.213 e. The molecule has 18 heavy (non-hydrogen) atoms. The average Bonchev–Trinajstić information content (AvgIpc) is 2.62. The molecule has 2 atom stereocenters. The molecule has 0 spiro atoms. The van der Waals surface area contributed by atoms with E-state index in [2.05, 4.69) is 16.0 Å². The van der Waals surface area contributed by atoms with Crippen molar-refractivity contribution in [2.75, 3.05) is 7.11 Å². The third kappa shape index (κ3) is 2.22. The van der Waals surface area contributed by atoms with Crippen LogP contribution in [0.3, 0.4) is 0 Å². The summed E-state index contributed by atoms with van der Waals surface area (Å²) in [6.45, 7) is 1.00. The third-order valence-corrected chi connectivity index (χ3v) is 4.29. The first-order valence-corrected chi connectivity index (χ1v) is 6.76. The van der Waals surface area contributed by atoms with E-state index < -0.39 is 0 Å². The van der Waals surface area contributed by atoms with Gasteiger partial charge in [0.1, 0.15) is 0 Å². The minimum Gasteiger partial charge on any atom is -0.481 e. The van der Waals surface area contributed by atoms with Crippen molar-refractivity contribution >= 4 is 0 Å². The van der Waals surface area contributed by atoms with Crippen LogP contribution < -0.4 is 10.5 Å². The van der Waals surface area contributed by atoms with Gasteiger partial charge in [-0.2, -0.15) is 0 Å². The summed E-state index contributed by atoms with van der Waals surface area (Å²) in [6.07, 6.45) is 6.74. The fourth-order valence-electron chi connectivity index (χ4n) is 3.45. The largest absolute Gasteiger partial charge is 0.481 e. The molecule has 2 saturated heterocycles. The minimum atomic E-state index is 0.408. The molecule has 3 rings (SSSR count). The zero-order valence-electron chi connectivity index (χ0n) is 10.9. The van der Waals surface area contributed by atoms with E-state index in [1.54, 1.807) is 7.11 Å². The van der Waals surface area contributed by atoms with E-state index in [1.807, 2.05) is 12.3 Å². The highest BCUT2D eigenvalue weighted by Crippen LogP contribution is 2.36. The number of ether oxygens (including phenoxy) is 1. The van der Waals surface area contributed by atoms with E-state index in [1.165, 1.54) is 18.4 Å². The molecule has 1 aromatic heterocycles. The number of nitrogens with zero attached hydrogens (tertiary/aromatic N) is 2. The molecule has 2 unspecified atom stereocenters. The second-order valence-corrected chi connectivity index (χ2v) is 5.50. The van der Waals surface area contributed by atoms with E-state index in [4.69, 9.17) is 10.5 Å². The second kappa shape index (κ2) is 4.86. The van der Waals surface area contributed by atoms with Gasteiger partial charge in [0.05, 0.1) is 7.11 Å². The topological polar surface area (TPSA) is 51.4 Å². The first kappa shape index (κ1) is 11.9. The van der Waals surface area contributed by atoms with Crippen molar-refractivity contribution < 1.29 is 4.74 Å². The number of methoxy groups -OCH3 is 1. The van der Waals surface area contributed by atoms with Crippen LogP contribution in [-0.4, -0.2) is 35.1 Å². The Balaban J connectivity index is 1.73. The summed E-state index contributed by atoms with van der Waals surface area (Å²) >= 11 is 0. The number of fused-ring (bicyclic) bond motifs is 2. The second-order valence-electron chi connectivity index (χ2n) is 5.50. The standard InChI is InChI=1S/C14H21N3O/c1-18-14-6-10(4-5-16-14)9-17-12-2-3-13(17)8-11(15)7-12/h4-6,11-13H,2-3,7-9,15H2,1H3.